The van der Waals surface area contributed by atoms with E-state index in [1.807, 2.05) is 13.0 Å². The van der Waals surface area contributed by atoms with E-state index in [1.165, 1.54) is 0 Å². The quantitative estimate of drug-likeness (QED) is 0.329. The molecule has 0 aliphatic heterocycles. The Morgan fingerprint density at radius 3 is 2.47 bits per heavy atom. The van der Waals surface area contributed by atoms with E-state index in [0.717, 1.165) is 12.8 Å². The van der Waals surface area contributed by atoms with Crippen LogP contribution in [-0.4, -0.2) is 18.4 Å². The van der Waals surface area contributed by atoms with Gasteiger partial charge in [-0.2, -0.15) is 0 Å². The van der Waals surface area contributed by atoms with Crippen molar-refractivity contribution in [3.05, 3.63) is 35.9 Å². The molecule has 0 amide bonds. The SMILES string of the molecule is CCCCOC(=O)C(C)C(=O)c1ccccc1. The normalized spacial score (nSPS) is 11.9. The average molecular weight is 234 g/mol. The van der Waals surface area contributed by atoms with Gasteiger partial charge in [0.2, 0.25) is 0 Å². The lowest BCUT2D eigenvalue weighted by Gasteiger charge is -2.10. The molecule has 0 aliphatic carbocycles. The number of hydrogen-bond donors (Lipinski definition) is 0. The van der Waals surface area contributed by atoms with E-state index >= 15 is 0 Å². The molecule has 0 spiro atoms. The van der Waals surface area contributed by atoms with E-state index in [1.54, 1.807) is 31.2 Å². The van der Waals surface area contributed by atoms with E-state index in [0.29, 0.717) is 12.2 Å². The Bertz CT molecular complexity index is 370. The van der Waals surface area contributed by atoms with Crippen LogP contribution in [-0.2, 0) is 9.53 Å². The highest BCUT2D eigenvalue weighted by molar-refractivity contribution is 6.08. The van der Waals surface area contributed by atoms with Gasteiger partial charge in [0, 0.05) is 5.56 Å². The van der Waals surface area contributed by atoms with Crippen LogP contribution in [0.15, 0.2) is 30.3 Å². The van der Waals surface area contributed by atoms with E-state index in [4.69, 9.17) is 4.74 Å². The number of benzene rings is 1. The molecule has 1 rings (SSSR count). The topological polar surface area (TPSA) is 43.4 Å². The number of hydrogen-bond acceptors (Lipinski definition) is 3. The van der Waals surface area contributed by atoms with Crippen LogP contribution in [0.3, 0.4) is 0 Å². The molecule has 3 heteroatoms. The van der Waals surface area contributed by atoms with Crippen molar-refractivity contribution in [1.82, 2.24) is 0 Å². The number of ether oxygens (including phenoxy) is 1. The van der Waals surface area contributed by atoms with Crippen LogP contribution in [0.25, 0.3) is 0 Å². The smallest absolute Gasteiger partial charge is 0.316 e. The number of carbonyl (C=O) groups is 2. The second-order valence-corrected chi connectivity index (χ2v) is 3.97. The molecule has 0 aromatic heterocycles. The molecule has 0 heterocycles. The Kier molecular flexibility index (Phi) is 5.40. The van der Waals surface area contributed by atoms with Crippen molar-refractivity contribution < 1.29 is 14.3 Å². The fourth-order valence-corrected chi connectivity index (χ4v) is 1.40. The molecule has 0 aliphatic rings. The molecule has 1 atom stereocenters. The van der Waals surface area contributed by atoms with Crippen molar-refractivity contribution in [3.63, 3.8) is 0 Å². The molecule has 0 bridgehead atoms. The summed E-state index contributed by atoms with van der Waals surface area (Å²) < 4.78 is 5.03. The van der Waals surface area contributed by atoms with Gasteiger partial charge in [-0.25, -0.2) is 0 Å². The molecule has 0 saturated heterocycles. The van der Waals surface area contributed by atoms with Gasteiger partial charge in [0.25, 0.3) is 0 Å². The first kappa shape index (κ1) is 13.4. The molecule has 92 valence electrons. The third-order valence-electron chi connectivity index (χ3n) is 2.55. The Hall–Kier alpha value is -1.64. The molecule has 0 saturated carbocycles. The molecular formula is C14H18O3. The van der Waals surface area contributed by atoms with Crippen LogP contribution in [0.1, 0.15) is 37.0 Å². The van der Waals surface area contributed by atoms with Crippen molar-refractivity contribution in [3.8, 4) is 0 Å². The highest BCUT2D eigenvalue weighted by atomic mass is 16.5. The first-order valence-electron chi connectivity index (χ1n) is 5.92. The van der Waals surface area contributed by atoms with Gasteiger partial charge in [-0.05, 0) is 13.3 Å². The molecule has 1 aromatic carbocycles. The van der Waals surface area contributed by atoms with Crippen molar-refractivity contribution in [1.29, 1.82) is 0 Å². The second-order valence-electron chi connectivity index (χ2n) is 3.97. The van der Waals surface area contributed by atoms with Gasteiger partial charge >= 0.3 is 5.97 Å². The molecule has 0 fully saturated rings. The van der Waals surface area contributed by atoms with Crippen molar-refractivity contribution in [2.24, 2.45) is 5.92 Å². The monoisotopic (exact) mass is 234 g/mol. The van der Waals surface area contributed by atoms with Crippen molar-refractivity contribution in [2.45, 2.75) is 26.7 Å². The molecule has 17 heavy (non-hydrogen) atoms. The minimum absolute atomic E-state index is 0.188. The van der Waals surface area contributed by atoms with Gasteiger partial charge in [0.15, 0.2) is 5.78 Å². The maximum Gasteiger partial charge on any atom is 0.316 e. The third kappa shape index (κ3) is 4.02. The lowest BCUT2D eigenvalue weighted by molar-refractivity contribution is -0.146. The number of rotatable bonds is 6. The standard InChI is InChI=1S/C14H18O3/c1-3-4-10-17-14(16)11(2)13(15)12-8-6-5-7-9-12/h5-9,11H,3-4,10H2,1-2H3. The van der Waals surface area contributed by atoms with E-state index in [-0.39, 0.29) is 5.78 Å². The zero-order valence-corrected chi connectivity index (χ0v) is 10.3. The van der Waals surface area contributed by atoms with Gasteiger partial charge in [0.1, 0.15) is 5.92 Å². The van der Waals surface area contributed by atoms with E-state index < -0.39 is 11.9 Å². The molecule has 0 radical (unpaired) electrons. The highest BCUT2D eigenvalue weighted by Gasteiger charge is 2.23. The number of ketones is 1. The van der Waals surface area contributed by atoms with Crippen LogP contribution in [0.2, 0.25) is 0 Å². The van der Waals surface area contributed by atoms with Crippen LogP contribution >= 0.6 is 0 Å². The Morgan fingerprint density at radius 1 is 1.24 bits per heavy atom. The number of esters is 1. The summed E-state index contributed by atoms with van der Waals surface area (Å²) in [5, 5.41) is 0. The number of Topliss-reactive ketones (excluding diaryl/α,β-unsaturated/α-hetero) is 1. The van der Waals surface area contributed by atoms with Crippen LogP contribution in [0, 0.1) is 5.92 Å². The zero-order chi connectivity index (χ0) is 12.7. The van der Waals surface area contributed by atoms with Crippen molar-refractivity contribution in [2.75, 3.05) is 6.61 Å². The summed E-state index contributed by atoms with van der Waals surface area (Å²) in [5.74, 6) is -1.35. The van der Waals surface area contributed by atoms with Gasteiger partial charge in [0.05, 0.1) is 6.61 Å². The van der Waals surface area contributed by atoms with E-state index in [9.17, 15) is 9.59 Å². The van der Waals surface area contributed by atoms with Gasteiger partial charge in [-0.15, -0.1) is 0 Å². The summed E-state index contributed by atoms with van der Waals surface area (Å²) in [4.78, 5) is 23.5. The first-order chi connectivity index (χ1) is 8.16. The minimum atomic E-state index is -0.728. The second kappa shape index (κ2) is 6.84. The summed E-state index contributed by atoms with van der Waals surface area (Å²) in [7, 11) is 0. The van der Waals surface area contributed by atoms with Gasteiger partial charge in [-0.1, -0.05) is 43.7 Å². The van der Waals surface area contributed by atoms with Crippen LogP contribution < -0.4 is 0 Å². The summed E-state index contributed by atoms with van der Waals surface area (Å²) in [6, 6.07) is 8.81. The van der Waals surface area contributed by atoms with Gasteiger partial charge in [-0.3, -0.25) is 9.59 Å². The largest absolute Gasteiger partial charge is 0.465 e. The summed E-state index contributed by atoms with van der Waals surface area (Å²) in [6.45, 7) is 4.00. The van der Waals surface area contributed by atoms with Gasteiger partial charge < -0.3 is 4.74 Å². The molecule has 0 N–H and O–H groups in total. The van der Waals surface area contributed by atoms with Crippen LogP contribution in [0.4, 0.5) is 0 Å². The molecule has 3 nitrogen and oxygen atoms in total. The Labute approximate surface area is 102 Å². The summed E-state index contributed by atoms with van der Waals surface area (Å²) in [6.07, 6.45) is 1.80. The predicted octanol–water partition coefficient (Wildman–Crippen LogP) is 2.85. The molecular weight excluding hydrogens is 216 g/mol. The average Bonchev–Trinajstić information content (AvgIpc) is 2.38. The predicted molar refractivity (Wildman–Crippen MR) is 65.8 cm³/mol. The fraction of sp³-hybridized carbons (Fsp3) is 0.429. The fourth-order valence-electron chi connectivity index (χ4n) is 1.40. The van der Waals surface area contributed by atoms with E-state index in [2.05, 4.69) is 0 Å². The minimum Gasteiger partial charge on any atom is -0.465 e. The summed E-state index contributed by atoms with van der Waals surface area (Å²) >= 11 is 0. The maximum absolute atomic E-state index is 11.9. The maximum atomic E-state index is 11.9. The molecule has 1 aromatic rings. The Balaban J connectivity index is 2.55. The third-order valence-corrected chi connectivity index (χ3v) is 2.55. The van der Waals surface area contributed by atoms with Crippen molar-refractivity contribution >= 4 is 11.8 Å². The summed E-state index contributed by atoms with van der Waals surface area (Å²) in [5.41, 5.74) is 0.549. The lowest BCUT2D eigenvalue weighted by Crippen LogP contribution is -2.23. The lowest BCUT2D eigenvalue weighted by atomic mass is 10.00. The number of unbranched alkanes of at least 4 members (excludes halogenated alkanes) is 1. The Morgan fingerprint density at radius 2 is 1.88 bits per heavy atom. The number of carbonyl (C=O) groups excluding carboxylic acids is 2. The first-order valence-corrected chi connectivity index (χ1v) is 5.92. The zero-order valence-electron chi connectivity index (χ0n) is 10.3. The highest BCUT2D eigenvalue weighted by Crippen LogP contribution is 2.10. The molecule has 1 unspecified atom stereocenters. The van der Waals surface area contributed by atoms with Crippen LogP contribution in [0.5, 0.6) is 0 Å².